The monoisotopic (exact) mass is 236 g/mol. The van der Waals surface area contributed by atoms with E-state index in [2.05, 4.69) is 11.8 Å². The first kappa shape index (κ1) is 11.0. The zero-order valence-corrected chi connectivity index (χ0v) is 10.4. The third-order valence-corrected chi connectivity index (χ3v) is 3.88. The number of aromatic nitrogens is 2. The number of hydrogen-bond donors (Lipinski definition) is 1. The predicted molar refractivity (Wildman–Crippen MR) is 65.8 cm³/mol. The molecule has 94 valence electrons. The molecule has 1 unspecified atom stereocenters. The molecule has 2 aliphatic heterocycles. The number of ether oxygens (including phenoxy) is 1. The second kappa shape index (κ2) is 4.31. The molecule has 2 aliphatic rings. The van der Waals surface area contributed by atoms with Crippen LogP contribution in [0.25, 0.3) is 0 Å². The maximum Gasteiger partial charge on any atom is 0.125 e. The average Bonchev–Trinajstić information content (AvgIpc) is 2.97. The summed E-state index contributed by atoms with van der Waals surface area (Å²) in [5.41, 5.74) is 8.65. The van der Waals surface area contributed by atoms with Crippen LogP contribution in [0, 0.1) is 0 Å². The molecule has 0 radical (unpaired) electrons. The summed E-state index contributed by atoms with van der Waals surface area (Å²) in [5.74, 6) is 0.867. The molecule has 2 N–H and O–H groups in total. The largest absolute Gasteiger partial charge is 0.384 e. The van der Waals surface area contributed by atoms with Gasteiger partial charge in [-0.2, -0.15) is 5.10 Å². The van der Waals surface area contributed by atoms with E-state index in [1.807, 2.05) is 4.68 Å². The second-order valence-electron chi connectivity index (χ2n) is 4.89. The molecule has 0 amide bonds. The SMILES string of the molecule is CCN1CCc2c(nn(C3CCOC3)c2N)C1. The first-order valence-corrected chi connectivity index (χ1v) is 6.45. The highest BCUT2D eigenvalue weighted by Crippen LogP contribution is 2.29. The predicted octanol–water partition coefficient (Wildman–Crippen LogP) is 0.805. The first-order valence-electron chi connectivity index (χ1n) is 6.45. The Labute approximate surface area is 102 Å². The van der Waals surface area contributed by atoms with Crippen LogP contribution in [0.3, 0.4) is 0 Å². The number of nitrogens with zero attached hydrogens (tertiary/aromatic N) is 3. The van der Waals surface area contributed by atoms with Crippen molar-refractivity contribution in [1.29, 1.82) is 0 Å². The van der Waals surface area contributed by atoms with Crippen LogP contribution in [0.2, 0.25) is 0 Å². The normalized spacial score (nSPS) is 25.1. The minimum Gasteiger partial charge on any atom is -0.384 e. The van der Waals surface area contributed by atoms with Crippen molar-refractivity contribution < 1.29 is 4.74 Å². The summed E-state index contributed by atoms with van der Waals surface area (Å²) in [6, 6.07) is 0.343. The highest BCUT2D eigenvalue weighted by molar-refractivity contribution is 5.45. The molecule has 0 aromatic carbocycles. The maximum atomic E-state index is 6.22. The Morgan fingerprint density at radius 3 is 3.12 bits per heavy atom. The Balaban J connectivity index is 1.89. The van der Waals surface area contributed by atoms with Crippen molar-refractivity contribution in [3.63, 3.8) is 0 Å². The highest BCUT2D eigenvalue weighted by atomic mass is 16.5. The lowest BCUT2D eigenvalue weighted by Crippen LogP contribution is -2.30. The summed E-state index contributed by atoms with van der Waals surface area (Å²) in [5, 5.41) is 4.70. The van der Waals surface area contributed by atoms with Gasteiger partial charge in [0.15, 0.2) is 0 Å². The summed E-state index contributed by atoms with van der Waals surface area (Å²) >= 11 is 0. The number of likely N-dealkylation sites (N-methyl/N-ethyl adjacent to an activating group) is 1. The first-order chi connectivity index (χ1) is 8.29. The Bertz CT molecular complexity index is 409. The van der Waals surface area contributed by atoms with E-state index in [1.54, 1.807) is 0 Å². The quantitative estimate of drug-likeness (QED) is 0.825. The van der Waals surface area contributed by atoms with Gasteiger partial charge < -0.3 is 10.5 Å². The topological polar surface area (TPSA) is 56.3 Å². The number of anilines is 1. The zero-order chi connectivity index (χ0) is 11.8. The molecule has 1 aromatic rings. The van der Waals surface area contributed by atoms with E-state index in [1.165, 1.54) is 11.3 Å². The number of rotatable bonds is 2. The van der Waals surface area contributed by atoms with Crippen molar-refractivity contribution in [3.8, 4) is 0 Å². The van der Waals surface area contributed by atoms with E-state index in [0.29, 0.717) is 6.04 Å². The molecular formula is C12H20N4O. The van der Waals surface area contributed by atoms with Crippen LogP contribution < -0.4 is 5.73 Å². The maximum absolute atomic E-state index is 6.22. The van der Waals surface area contributed by atoms with Gasteiger partial charge in [-0.3, -0.25) is 4.90 Å². The van der Waals surface area contributed by atoms with Crippen LogP contribution in [0.5, 0.6) is 0 Å². The highest BCUT2D eigenvalue weighted by Gasteiger charge is 2.27. The van der Waals surface area contributed by atoms with Gasteiger partial charge in [0.05, 0.1) is 18.3 Å². The summed E-state index contributed by atoms with van der Waals surface area (Å²) in [7, 11) is 0. The molecule has 0 bridgehead atoms. The standard InChI is InChI=1S/C12H20N4O/c1-2-15-5-3-10-11(7-15)14-16(12(10)13)9-4-6-17-8-9/h9H,2-8,13H2,1H3. The van der Waals surface area contributed by atoms with E-state index in [-0.39, 0.29) is 0 Å². The number of nitrogen functional groups attached to an aromatic ring is 1. The van der Waals surface area contributed by atoms with Gasteiger partial charge >= 0.3 is 0 Å². The fourth-order valence-corrected chi connectivity index (χ4v) is 2.75. The van der Waals surface area contributed by atoms with E-state index in [4.69, 9.17) is 15.6 Å². The van der Waals surface area contributed by atoms with E-state index in [0.717, 1.165) is 51.5 Å². The number of fused-ring (bicyclic) bond motifs is 1. The molecule has 1 atom stereocenters. The number of hydrogen-bond acceptors (Lipinski definition) is 4. The lowest BCUT2D eigenvalue weighted by Gasteiger charge is -2.24. The smallest absolute Gasteiger partial charge is 0.125 e. The lowest BCUT2D eigenvalue weighted by atomic mass is 10.1. The van der Waals surface area contributed by atoms with Gasteiger partial charge in [-0.25, -0.2) is 4.68 Å². The van der Waals surface area contributed by atoms with Crippen molar-refractivity contribution >= 4 is 5.82 Å². The molecule has 3 heterocycles. The molecule has 1 aromatic heterocycles. The van der Waals surface area contributed by atoms with E-state index >= 15 is 0 Å². The summed E-state index contributed by atoms with van der Waals surface area (Å²) < 4.78 is 7.41. The molecule has 0 aliphatic carbocycles. The molecule has 0 spiro atoms. The number of nitrogens with two attached hydrogens (primary N) is 1. The van der Waals surface area contributed by atoms with Gasteiger partial charge in [0.1, 0.15) is 5.82 Å². The average molecular weight is 236 g/mol. The molecule has 17 heavy (non-hydrogen) atoms. The molecule has 0 saturated carbocycles. The van der Waals surface area contributed by atoms with Gasteiger partial charge in [0.25, 0.3) is 0 Å². The Hall–Kier alpha value is -1.07. The fourth-order valence-electron chi connectivity index (χ4n) is 2.75. The molecule has 1 saturated heterocycles. The van der Waals surface area contributed by atoms with Crippen molar-refractivity contribution in [2.24, 2.45) is 0 Å². The second-order valence-corrected chi connectivity index (χ2v) is 4.89. The van der Waals surface area contributed by atoms with Crippen LogP contribution in [0.1, 0.15) is 30.6 Å². The zero-order valence-electron chi connectivity index (χ0n) is 10.4. The van der Waals surface area contributed by atoms with Gasteiger partial charge in [0.2, 0.25) is 0 Å². The van der Waals surface area contributed by atoms with Crippen molar-refractivity contribution in [2.45, 2.75) is 32.4 Å². The molecular weight excluding hydrogens is 216 g/mol. The van der Waals surface area contributed by atoms with Crippen LogP contribution in [0.15, 0.2) is 0 Å². The fraction of sp³-hybridized carbons (Fsp3) is 0.750. The minimum atomic E-state index is 0.343. The molecule has 5 nitrogen and oxygen atoms in total. The molecule has 5 heteroatoms. The Morgan fingerprint density at radius 2 is 2.41 bits per heavy atom. The molecule has 1 fully saturated rings. The Morgan fingerprint density at radius 1 is 1.53 bits per heavy atom. The van der Waals surface area contributed by atoms with Crippen molar-refractivity contribution in [3.05, 3.63) is 11.3 Å². The third kappa shape index (κ3) is 1.83. The van der Waals surface area contributed by atoms with Crippen LogP contribution in [0.4, 0.5) is 5.82 Å². The van der Waals surface area contributed by atoms with Gasteiger partial charge in [-0.1, -0.05) is 6.92 Å². The van der Waals surface area contributed by atoms with E-state index in [9.17, 15) is 0 Å². The Kier molecular flexibility index (Phi) is 2.80. The van der Waals surface area contributed by atoms with Crippen LogP contribution >= 0.6 is 0 Å². The summed E-state index contributed by atoms with van der Waals surface area (Å²) in [4.78, 5) is 2.41. The minimum absolute atomic E-state index is 0.343. The van der Waals surface area contributed by atoms with Crippen LogP contribution in [-0.2, 0) is 17.7 Å². The van der Waals surface area contributed by atoms with E-state index < -0.39 is 0 Å². The lowest BCUT2D eigenvalue weighted by molar-refractivity contribution is 0.184. The van der Waals surface area contributed by atoms with Gasteiger partial charge in [-0.15, -0.1) is 0 Å². The third-order valence-electron chi connectivity index (χ3n) is 3.88. The van der Waals surface area contributed by atoms with Crippen molar-refractivity contribution in [2.75, 3.05) is 32.0 Å². The van der Waals surface area contributed by atoms with Gasteiger partial charge in [-0.05, 0) is 19.4 Å². The van der Waals surface area contributed by atoms with Gasteiger partial charge in [0, 0.05) is 25.3 Å². The van der Waals surface area contributed by atoms with Crippen LogP contribution in [-0.4, -0.2) is 41.0 Å². The summed E-state index contributed by atoms with van der Waals surface area (Å²) in [6.45, 7) is 6.89. The molecule has 3 rings (SSSR count). The van der Waals surface area contributed by atoms with Crippen molar-refractivity contribution in [1.82, 2.24) is 14.7 Å². The summed E-state index contributed by atoms with van der Waals surface area (Å²) in [6.07, 6.45) is 2.06.